The maximum atomic E-state index is 13.2. The number of halogens is 2. The third-order valence-corrected chi connectivity index (χ3v) is 2.42. The van der Waals surface area contributed by atoms with Crippen LogP contribution in [-0.4, -0.2) is 19.0 Å². The topological polar surface area (TPSA) is 41.1 Å². The Morgan fingerprint density at radius 2 is 2.06 bits per heavy atom. The van der Waals surface area contributed by atoms with Crippen LogP contribution in [0, 0.1) is 11.6 Å². The van der Waals surface area contributed by atoms with E-state index in [-0.39, 0.29) is 18.0 Å². The minimum absolute atomic E-state index is 0.0379. The fourth-order valence-corrected chi connectivity index (χ4v) is 1.46. The molecular formula is C13H18F2N2O. The van der Waals surface area contributed by atoms with E-state index in [1.54, 1.807) is 0 Å². The average molecular weight is 256 g/mol. The van der Waals surface area contributed by atoms with Crippen molar-refractivity contribution in [3.05, 3.63) is 35.4 Å². The molecule has 0 fully saturated rings. The Bertz CT molecular complexity index is 397. The van der Waals surface area contributed by atoms with Crippen molar-refractivity contribution in [3.8, 4) is 0 Å². The van der Waals surface area contributed by atoms with Gasteiger partial charge in [0.05, 0.1) is 0 Å². The highest BCUT2D eigenvalue weighted by Gasteiger charge is 2.04. The summed E-state index contributed by atoms with van der Waals surface area (Å²) < 4.78 is 26.1. The number of amides is 1. The number of carbonyl (C=O) groups excluding carboxylic acids is 1. The van der Waals surface area contributed by atoms with Crippen LogP contribution in [0.1, 0.15) is 25.3 Å². The molecule has 0 spiro atoms. The number of rotatable bonds is 7. The molecule has 0 atom stereocenters. The van der Waals surface area contributed by atoms with Gasteiger partial charge >= 0.3 is 0 Å². The summed E-state index contributed by atoms with van der Waals surface area (Å²) in [6.45, 7) is 3.29. The molecule has 0 heterocycles. The molecule has 1 amide bonds. The molecular weight excluding hydrogens is 238 g/mol. The van der Waals surface area contributed by atoms with Crippen molar-refractivity contribution >= 4 is 5.91 Å². The number of benzene rings is 1. The molecule has 0 unspecified atom stereocenters. The standard InChI is InChI=1S/C13H18F2N2O/c1-2-6-17-13(18)5-7-16-9-10-8-11(14)3-4-12(10)15/h3-4,8,16H,2,5-7,9H2,1H3,(H,17,18). The predicted molar refractivity (Wildman–Crippen MR) is 66.0 cm³/mol. The molecule has 0 aliphatic rings. The Morgan fingerprint density at radius 3 is 2.78 bits per heavy atom. The van der Waals surface area contributed by atoms with Crippen LogP contribution >= 0.6 is 0 Å². The lowest BCUT2D eigenvalue weighted by Gasteiger charge is -2.06. The van der Waals surface area contributed by atoms with Gasteiger partial charge in [-0.1, -0.05) is 6.92 Å². The molecule has 1 rings (SSSR count). The van der Waals surface area contributed by atoms with Gasteiger partial charge in [0.1, 0.15) is 11.6 Å². The smallest absolute Gasteiger partial charge is 0.221 e. The summed E-state index contributed by atoms with van der Waals surface area (Å²) in [4.78, 5) is 11.2. The van der Waals surface area contributed by atoms with Gasteiger partial charge in [-0.3, -0.25) is 4.79 Å². The summed E-state index contributed by atoms with van der Waals surface area (Å²) in [6, 6.07) is 3.33. The second kappa shape index (κ2) is 7.76. The summed E-state index contributed by atoms with van der Waals surface area (Å²) >= 11 is 0. The first kappa shape index (κ1) is 14.6. The van der Waals surface area contributed by atoms with E-state index in [2.05, 4.69) is 10.6 Å². The highest BCUT2D eigenvalue weighted by Crippen LogP contribution is 2.08. The first-order valence-electron chi connectivity index (χ1n) is 6.04. The first-order valence-corrected chi connectivity index (χ1v) is 6.04. The average Bonchev–Trinajstić information content (AvgIpc) is 2.36. The minimum atomic E-state index is -0.464. The normalized spacial score (nSPS) is 10.4. The number of hydrogen-bond acceptors (Lipinski definition) is 2. The molecule has 0 saturated heterocycles. The van der Waals surface area contributed by atoms with Crippen LogP contribution < -0.4 is 10.6 Å². The molecule has 3 nitrogen and oxygen atoms in total. The van der Waals surface area contributed by atoms with Crippen LogP contribution in [0.3, 0.4) is 0 Å². The lowest BCUT2D eigenvalue weighted by molar-refractivity contribution is -0.120. The van der Waals surface area contributed by atoms with Crippen molar-refractivity contribution < 1.29 is 13.6 Å². The fourth-order valence-electron chi connectivity index (χ4n) is 1.46. The third kappa shape index (κ3) is 5.23. The maximum absolute atomic E-state index is 13.2. The second-order valence-electron chi connectivity index (χ2n) is 4.01. The minimum Gasteiger partial charge on any atom is -0.356 e. The Balaban J connectivity index is 2.25. The van der Waals surface area contributed by atoms with E-state index in [1.807, 2.05) is 6.92 Å². The largest absolute Gasteiger partial charge is 0.356 e. The zero-order valence-corrected chi connectivity index (χ0v) is 10.4. The highest BCUT2D eigenvalue weighted by molar-refractivity contribution is 5.75. The lowest BCUT2D eigenvalue weighted by atomic mass is 10.2. The van der Waals surface area contributed by atoms with E-state index < -0.39 is 11.6 Å². The van der Waals surface area contributed by atoms with Gasteiger partial charge in [-0.2, -0.15) is 0 Å². The lowest BCUT2D eigenvalue weighted by Crippen LogP contribution is -2.28. The highest BCUT2D eigenvalue weighted by atomic mass is 19.1. The summed E-state index contributed by atoms with van der Waals surface area (Å²) in [5, 5.41) is 5.65. The molecule has 0 aliphatic heterocycles. The van der Waals surface area contributed by atoms with Gasteiger partial charge in [0.25, 0.3) is 0 Å². The van der Waals surface area contributed by atoms with Gasteiger partial charge in [-0.25, -0.2) is 8.78 Å². The van der Waals surface area contributed by atoms with Crippen LogP contribution in [0.2, 0.25) is 0 Å². The Morgan fingerprint density at radius 1 is 1.28 bits per heavy atom. The number of carbonyl (C=O) groups is 1. The van der Waals surface area contributed by atoms with Crippen molar-refractivity contribution in [1.82, 2.24) is 10.6 Å². The summed E-state index contributed by atoms with van der Waals surface area (Å²) in [5.74, 6) is -0.947. The zero-order chi connectivity index (χ0) is 13.4. The van der Waals surface area contributed by atoms with Crippen LogP contribution in [0.25, 0.3) is 0 Å². The predicted octanol–water partition coefficient (Wildman–Crippen LogP) is 1.97. The molecule has 100 valence electrons. The molecule has 18 heavy (non-hydrogen) atoms. The van der Waals surface area contributed by atoms with Crippen molar-refractivity contribution in [2.24, 2.45) is 0 Å². The van der Waals surface area contributed by atoms with Gasteiger partial charge in [0.15, 0.2) is 0 Å². The monoisotopic (exact) mass is 256 g/mol. The molecule has 1 aromatic carbocycles. The Labute approximate surface area is 106 Å². The van der Waals surface area contributed by atoms with Gasteiger partial charge < -0.3 is 10.6 Å². The maximum Gasteiger partial charge on any atom is 0.221 e. The molecule has 0 aliphatic carbocycles. The molecule has 0 bridgehead atoms. The number of nitrogens with one attached hydrogen (secondary N) is 2. The van der Waals surface area contributed by atoms with Crippen LogP contribution in [-0.2, 0) is 11.3 Å². The van der Waals surface area contributed by atoms with Gasteiger partial charge in [-0.05, 0) is 24.6 Å². The zero-order valence-electron chi connectivity index (χ0n) is 10.4. The molecule has 5 heteroatoms. The molecule has 0 aromatic heterocycles. The van der Waals surface area contributed by atoms with E-state index >= 15 is 0 Å². The molecule has 0 radical (unpaired) electrons. The van der Waals surface area contributed by atoms with E-state index in [4.69, 9.17) is 0 Å². The van der Waals surface area contributed by atoms with E-state index in [9.17, 15) is 13.6 Å². The van der Waals surface area contributed by atoms with Crippen molar-refractivity contribution in [1.29, 1.82) is 0 Å². The van der Waals surface area contributed by atoms with Gasteiger partial charge in [0, 0.05) is 31.6 Å². The van der Waals surface area contributed by atoms with Crippen molar-refractivity contribution in [3.63, 3.8) is 0 Å². The van der Waals surface area contributed by atoms with E-state index in [1.165, 1.54) is 0 Å². The van der Waals surface area contributed by atoms with Gasteiger partial charge in [0.2, 0.25) is 5.91 Å². The van der Waals surface area contributed by atoms with E-state index in [0.717, 1.165) is 24.6 Å². The fraction of sp³-hybridized carbons (Fsp3) is 0.462. The Kier molecular flexibility index (Phi) is 6.28. The summed E-state index contributed by atoms with van der Waals surface area (Å²) in [5.41, 5.74) is 0.268. The SMILES string of the molecule is CCCNC(=O)CCNCc1cc(F)ccc1F. The quantitative estimate of drug-likeness (QED) is 0.732. The number of hydrogen-bond donors (Lipinski definition) is 2. The molecule has 0 saturated carbocycles. The molecule has 2 N–H and O–H groups in total. The summed E-state index contributed by atoms with van der Waals surface area (Å²) in [6.07, 6.45) is 1.23. The van der Waals surface area contributed by atoms with Crippen molar-refractivity contribution in [2.75, 3.05) is 13.1 Å². The van der Waals surface area contributed by atoms with Crippen LogP contribution in [0.4, 0.5) is 8.78 Å². The van der Waals surface area contributed by atoms with Crippen LogP contribution in [0.5, 0.6) is 0 Å². The Hall–Kier alpha value is -1.49. The van der Waals surface area contributed by atoms with Crippen LogP contribution in [0.15, 0.2) is 18.2 Å². The third-order valence-electron chi connectivity index (χ3n) is 2.42. The molecule has 1 aromatic rings. The summed E-state index contributed by atoms with van der Waals surface area (Å²) in [7, 11) is 0. The van der Waals surface area contributed by atoms with Gasteiger partial charge in [-0.15, -0.1) is 0 Å². The first-order chi connectivity index (χ1) is 8.63. The second-order valence-corrected chi connectivity index (χ2v) is 4.01. The van der Waals surface area contributed by atoms with Crippen molar-refractivity contribution in [2.45, 2.75) is 26.3 Å². The van der Waals surface area contributed by atoms with E-state index in [0.29, 0.717) is 19.5 Å².